The van der Waals surface area contributed by atoms with Crippen molar-refractivity contribution in [2.75, 3.05) is 12.3 Å². The normalized spacial score (nSPS) is 12.2. The van der Waals surface area contributed by atoms with Crippen LogP contribution in [0.5, 0.6) is 0 Å². The highest BCUT2D eigenvalue weighted by Gasteiger charge is 2.09. The predicted molar refractivity (Wildman–Crippen MR) is 72.1 cm³/mol. The molecule has 3 heteroatoms. The van der Waals surface area contributed by atoms with Crippen LogP contribution < -0.4 is 5.73 Å². The van der Waals surface area contributed by atoms with E-state index in [4.69, 9.17) is 10.5 Å². The van der Waals surface area contributed by atoms with Crippen LogP contribution in [0.4, 0.5) is 5.69 Å². The number of nitrogens with zero attached hydrogens (tertiary/aromatic N) is 1. The molecule has 3 nitrogen and oxygen atoms in total. The summed E-state index contributed by atoms with van der Waals surface area (Å²) in [6.07, 6.45) is 2.08. The Labute approximate surface area is 102 Å². The zero-order chi connectivity index (χ0) is 12.5. The van der Waals surface area contributed by atoms with Crippen molar-refractivity contribution in [3.05, 3.63) is 30.5 Å². The van der Waals surface area contributed by atoms with Crippen molar-refractivity contribution in [2.45, 2.75) is 32.9 Å². The summed E-state index contributed by atoms with van der Waals surface area (Å²) in [6, 6.07) is 8.07. The summed E-state index contributed by atoms with van der Waals surface area (Å²) in [5.74, 6) is 0. The number of nitrogens with two attached hydrogens (primary N) is 1. The summed E-state index contributed by atoms with van der Waals surface area (Å²) in [6.45, 7) is 7.80. The molecule has 0 aliphatic carbocycles. The van der Waals surface area contributed by atoms with Gasteiger partial charge in [-0.15, -0.1) is 0 Å². The van der Waals surface area contributed by atoms with Gasteiger partial charge in [0.25, 0.3) is 0 Å². The predicted octanol–water partition coefficient (Wildman–Crippen LogP) is 3.04. The second-order valence-corrected chi connectivity index (χ2v) is 5.29. The Balaban J connectivity index is 2.09. The lowest BCUT2D eigenvalue weighted by Crippen LogP contribution is -2.21. The number of anilines is 1. The average molecular weight is 232 g/mol. The van der Waals surface area contributed by atoms with E-state index in [0.717, 1.165) is 18.8 Å². The van der Waals surface area contributed by atoms with Crippen LogP contribution in [0.25, 0.3) is 10.9 Å². The first-order valence-electron chi connectivity index (χ1n) is 5.94. The van der Waals surface area contributed by atoms with Gasteiger partial charge in [0.05, 0.1) is 12.2 Å². The fourth-order valence-electron chi connectivity index (χ4n) is 1.86. The summed E-state index contributed by atoms with van der Waals surface area (Å²) >= 11 is 0. The van der Waals surface area contributed by atoms with E-state index in [1.807, 2.05) is 12.1 Å². The van der Waals surface area contributed by atoms with Gasteiger partial charge in [-0.05, 0) is 45.0 Å². The average Bonchev–Trinajstić information content (AvgIpc) is 2.59. The maximum atomic E-state index is 5.76. The molecule has 0 fully saturated rings. The number of ether oxygens (including phenoxy) is 1. The molecular formula is C14H20N2O. The molecule has 0 spiro atoms. The lowest BCUT2D eigenvalue weighted by molar-refractivity contribution is -0.00644. The number of benzene rings is 1. The first-order chi connectivity index (χ1) is 7.96. The second kappa shape index (κ2) is 4.41. The molecule has 0 atom stereocenters. The minimum Gasteiger partial charge on any atom is -0.399 e. The quantitative estimate of drug-likeness (QED) is 0.826. The molecule has 0 aliphatic heterocycles. The second-order valence-electron chi connectivity index (χ2n) is 5.29. The molecule has 2 aromatic rings. The Morgan fingerprint density at radius 1 is 1.24 bits per heavy atom. The van der Waals surface area contributed by atoms with Gasteiger partial charge in [0, 0.05) is 29.3 Å². The van der Waals surface area contributed by atoms with E-state index >= 15 is 0 Å². The Hall–Kier alpha value is -1.48. The number of hydrogen-bond acceptors (Lipinski definition) is 2. The van der Waals surface area contributed by atoms with E-state index in [9.17, 15) is 0 Å². The fourth-order valence-corrected chi connectivity index (χ4v) is 1.86. The van der Waals surface area contributed by atoms with Crippen LogP contribution in [0.15, 0.2) is 30.5 Å². The van der Waals surface area contributed by atoms with Crippen molar-refractivity contribution >= 4 is 16.6 Å². The van der Waals surface area contributed by atoms with Crippen LogP contribution in [-0.4, -0.2) is 16.8 Å². The van der Waals surface area contributed by atoms with Crippen molar-refractivity contribution in [1.82, 2.24) is 4.57 Å². The molecule has 17 heavy (non-hydrogen) atoms. The largest absolute Gasteiger partial charge is 0.399 e. The molecule has 0 radical (unpaired) electrons. The molecule has 0 unspecified atom stereocenters. The van der Waals surface area contributed by atoms with E-state index in [2.05, 4.69) is 43.7 Å². The third kappa shape index (κ3) is 3.01. The minimum atomic E-state index is -0.0760. The number of fused-ring (bicyclic) bond motifs is 1. The Morgan fingerprint density at radius 3 is 2.71 bits per heavy atom. The van der Waals surface area contributed by atoms with Crippen molar-refractivity contribution in [1.29, 1.82) is 0 Å². The smallest absolute Gasteiger partial charge is 0.0652 e. The topological polar surface area (TPSA) is 40.2 Å². The van der Waals surface area contributed by atoms with Gasteiger partial charge in [-0.2, -0.15) is 0 Å². The van der Waals surface area contributed by atoms with Crippen molar-refractivity contribution in [2.24, 2.45) is 0 Å². The van der Waals surface area contributed by atoms with Gasteiger partial charge in [-0.3, -0.25) is 0 Å². The summed E-state index contributed by atoms with van der Waals surface area (Å²) in [5.41, 5.74) is 7.69. The minimum absolute atomic E-state index is 0.0760. The van der Waals surface area contributed by atoms with Crippen LogP contribution >= 0.6 is 0 Å². The van der Waals surface area contributed by atoms with Gasteiger partial charge in [0.2, 0.25) is 0 Å². The number of nitrogen functional groups attached to an aromatic ring is 1. The van der Waals surface area contributed by atoms with Crippen molar-refractivity contribution < 1.29 is 4.74 Å². The number of hydrogen-bond donors (Lipinski definition) is 1. The molecule has 2 rings (SSSR count). The van der Waals surface area contributed by atoms with E-state index in [0.29, 0.717) is 0 Å². The number of rotatable bonds is 3. The number of aromatic nitrogens is 1. The third-order valence-corrected chi connectivity index (χ3v) is 2.66. The first-order valence-corrected chi connectivity index (χ1v) is 5.94. The monoisotopic (exact) mass is 232 g/mol. The van der Waals surface area contributed by atoms with Gasteiger partial charge in [-0.1, -0.05) is 0 Å². The Kier molecular flexibility index (Phi) is 3.11. The maximum Gasteiger partial charge on any atom is 0.0652 e. The molecule has 0 bridgehead atoms. The van der Waals surface area contributed by atoms with Crippen LogP contribution in [0.1, 0.15) is 20.8 Å². The van der Waals surface area contributed by atoms with Crippen LogP contribution in [-0.2, 0) is 11.3 Å². The van der Waals surface area contributed by atoms with Gasteiger partial charge in [0.15, 0.2) is 0 Å². The van der Waals surface area contributed by atoms with Gasteiger partial charge < -0.3 is 15.0 Å². The Bertz CT molecular complexity index is 508. The van der Waals surface area contributed by atoms with Crippen molar-refractivity contribution in [3.63, 3.8) is 0 Å². The van der Waals surface area contributed by atoms with Crippen LogP contribution in [0, 0.1) is 0 Å². The molecule has 0 aliphatic rings. The highest BCUT2D eigenvalue weighted by atomic mass is 16.5. The molecule has 0 saturated carbocycles. The van der Waals surface area contributed by atoms with E-state index in [1.54, 1.807) is 0 Å². The molecule has 1 aromatic heterocycles. The van der Waals surface area contributed by atoms with Crippen LogP contribution in [0.2, 0.25) is 0 Å². The lowest BCUT2D eigenvalue weighted by atomic mass is 10.2. The van der Waals surface area contributed by atoms with Gasteiger partial charge in [-0.25, -0.2) is 0 Å². The SMILES string of the molecule is CC(C)(C)OCCn1ccc2cc(N)ccc21. The summed E-state index contributed by atoms with van der Waals surface area (Å²) in [5, 5.41) is 1.18. The lowest BCUT2D eigenvalue weighted by Gasteiger charge is -2.19. The molecule has 1 aromatic carbocycles. The highest BCUT2D eigenvalue weighted by Crippen LogP contribution is 2.19. The molecule has 2 N–H and O–H groups in total. The molecule has 92 valence electrons. The van der Waals surface area contributed by atoms with Crippen molar-refractivity contribution in [3.8, 4) is 0 Å². The summed E-state index contributed by atoms with van der Waals surface area (Å²) in [7, 11) is 0. The Morgan fingerprint density at radius 2 is 2.00 bits per heavy atom. The van der Waals surface area contributed by atoms with E-state index in [-0.39, 0.29) is 5.60 Å². The van der Waals surface area contributed by atoms with Gasteiger partial charge >= 0.3 is 0 Å². The van der Waals surface area contributed by atoms with E-state index < -0.39 is 0 Å². The third-order valence-electron chi connectivity index (χ3n) is 2.66. The molecular weight excluding hydrogens is 212 g/mol. The zero-order valence-electron chi connectivity index (χ0n) is 10.7. The summed E-state index contributed by atoms with van der Waals surface area (Å²) < 4.78 is 7.92. The highest BCUT2D eigenvalue weighted by molar-refractivity contribution is 5.83. The van der Waals surface area contributed by atoms with Crippen LogP contribution in [0.3, 0.4) is 0 Å². The first kappa shape index (κ1) is 12.0. The molecule has 0 amide bonds. The standard InChI is InChI=1S/C14H20N2O/c1-14(2,3)17-9-8-16-7-6-11-10-12(15)4-5-13(11)16/h4-7,10H,8-9,15H2,1-3H3. The zero-order valence-corrected chi connectivity index (χ0v) is 10.7. The van der Waals surface area contributed by atoms with Gasteiger partial charge in [0.1, 0.15) is 0 Å². The summed E-state index contributed by atoms with van der Waals surface area (Å²) in [4.78, 5) is 0. The molecule has 1 heterocycles. The molecule has 0 saturated heterocycles. The van der Waals surface area contributed by atoms with E-state index in [1.165, 1.54) is 10.9 Å². The maximum absolute atomic E-state index is 5.76. The fraction of sp³-hybridized carbons (Fsp3) is 0.429.